The van der Waals surface area contributed by atoms with Crippen LogP contribution in [0.2, 0.25) is 0 Å². The lowest BCUT2D eigenvalue weighted by Gasteiger charge is -2.30. The van der Waals surface area contributed by atoms with Crippen LogP contribution in [-0.4, -0.2) is 24.1 Å². The summed E-state index contributed by atoms with van der Waals surface area (Å²) in [6.45, 7) is 3.74. The Balaban J connectivity index is 2.14. The van der Waals surface area contributed by atoms with Crippen LogP contribution >= 0.6 is 0 Å². The summed E-state index contributed by atoms with van der Waals surface area (Å²) in [6, 6.07) is 15.0. The average molecular weight is 355 g/mol. The van der Waals surface area contributed by atoms with Gasteiger partial charge in [0.1, 0.15) is 5.75 Å². The number of amides is 1. The zero-order valence-electron chi connectivity index (χ0n) is 15.4. The van der Waals surface area contributed by atoms with E-state index in [1.807, 2.05) is 31.2 Å². The standard InChI is InChI=1S/C21H25NO4/c1-15-7-4-5-8-16(15)11-12-19(23)22-21(2,14-20(24)25)17-9-6-10-18(13-17)26-3/h4-10,13H,11-12,14H2,1-3H3,(H,22,23)(H,24,25). The van der Waals surface area contributed by atoms with Gasteiger partial charge in [-0.2, -0.15) is 0 Å². The first-order valence-corrected chi connectivity index (χ1v) is 8.56. The molecule has 0 aromatic heterocycles. The Morgan fingerprint density at radius 1 is 1.15 bits per heavy atom. The molecule has 2 aromatic rings. The summed E-state index contributed by atoms with van der Waals surface area (Å²) < 4.78 is 5.22. The summed E-state index contributed by atoms with van der Waals surface area (Å²) in [5.74, 6) is -0.539. The van der Waals surface area contributed by atoms with E-state index in [9.17, 15) is 14.7 Å². The summed E-state index contributed by atoms with van der Waals surface area (Å²) in [4.78, 5) is 23.9. The summed E-state index contributed by atoms with van der Waals surface area (Å²) >= 11 is 0. The SMILES string of the molecule is COc1cccc(C(C)(CC(=O)O)NC(=O)CCc2ccccc2C)c1. The molecule has 0 aliphatic rings. The largest absolute Gasteiger partial charge is 0.497 e. The zero-order valence-corrected chi connectivity index (χ0v) is 15.4. The minimum Gasteiger partial charge on any atom is -0.497 e. The predicted octanol–water partition coefficient (Wildman–Crippen LogP) is 3.44. The van der Waals surface area contributed by atoms with Crippen molar-refractivity contribution in [1.29, 1.82) is 0 Å². The van der Waals surface area contributed by atoms with Crippen LogP contribution in [-0.2, 0) is 21.5 Å². The number of aliphatic carboxylic acids is 1. The van der Waals surface area contributed by atoms with Gasteiger partial charge in [-0.15, -0.1) is 0 Å². The van der Waals surface area contributed by atoms with E-state index in [1.165, 1.54) is 0 Å². The van der Waals surface area contributed by atoms with Crippen LogP contribution < -0.4 is 10.1 Å². The van der Waals surface area contributed by atoms with Crippen LogP contribution in [0.15, 0.2) is 48.5 Å². The van der Waals surface area contributed by atoms with Crippen molar-refractivity contribution in [2.45, 2.75) is 38.6 Å². The fraction of sp³-hybridized carbons (Fsp3) is 0.333. The van der Waals surface area contributed by atoms with Crippen molar-refractivity contribution in [2.75, 3.05) is 7.11 Å². The van der Waals surface area contributed by atoms with E-state index in [0.717, 1.165) is 11.1 Å². The predicted molar refractivity (Wildman–Crippen MR) is 100 cm³/mol. The van der Waals surface area contributed by atoms with Crippen molar-refractivity contribution in [3.63, 3.8) is 0 Å². The van der Waals surface area contributed by atoms with Gasteiger partial charge in [-0.05, 0) is 49.1 Å². The first-order valence-electron chi connectivity index (χ1n) is 8.56. The maximum Gasteiger partial charge on any atom is 0.306 e. The van der Waals surface area contributed by atoms with Crippen LogP contribution in [0.4, 0.5) is 0 Å². The second-order valence-corrected chi connectivity index (χ2v) is 6.61. The highest BCUT2D eigenvalue weighted by molar-refractivity contribution is 5.79. The van der Waals surface area contributed by atoms with Crippen molar-refractivity contribution < 1.29 is 19.4 Å². The van der Waals surface area contributed by atoms with Crippen LogP contribution in [0, 0.1) is 6.92 Å². The Bertz CT molecular complexity index is 787. The third-order valence-electron chi connectivity index (χ3n) is 4.51. The second-order valence-electron chi connectivity index (χ2n) is 6.61. The molecule has 2 rings (SSSR count). The summed E-state index contributed by atoms with van der Waals surface area (Å²) in [5.41, 5.74) is 1.94. The Hall–Kier alpha value is -2.82. The molecule has 1 amide bonds. The monoisotopic (exact) mass is 355 g/mol. The molecular weight excluding hydrogens is 330 g/mol. The van der Waals surface area contributed by atoms with Gasteiger partial charge in [-0.3, -0.25) is 9.59 Å². The molecule has 138 valence electrons. The molecule has 26 heavy (non-hydrogen) atoms. The van der Waals surface area contributed by atoms with Gasteiger partial charge < -0.3 is 15.2 Å². The molecule has 0 aliphatic heterocycles. The number of carboxylic acid groups (broad SMARTS) is 1. The van der Waals surface area contributed by atoms with E-state index in [4.69, 9.17) is 4.74 Å². The minimum atomic E-state index is -1.01. The number of benzene rings is 2. The van der Waals surface area contributed by atoms with Crippen LogP contribution in [0.1, 0.15) is 36.5 Å². The van der Waals surface area contributed by atoms with Gasteiger partial charge in [0.25, 0.3) is 0 Å². The summed E-state index contributed by atoms with van der Waals surface area (Å²) in [7, 11) is 1.55. The number of nitrogens with one attached hydrogen (secondary N) is 1. The number of carboxylic acids is 1. The molecule has 1 atom stereocenters. The van der Waals surface area contributed by atoms with Gasteiger partial charge >= 0.3 is 5.97 Å². The number of ether oxygens (including phenoxy) is 1. The molecule has 2 aromatic carbocycles. The van der Waals surface area contributed by atoms with Crippen molar-refractivity contribution in [1.82, 2.24) is 5.32 Å². The highest BCUT2D eigenvalue weighted by atomic mass is 16.5. The molecule has 1 unspecified atom stereocenters. The van der Waals surface area contributed by atoms with Gasteiger partial charge in [-0.1, -0.05) is 36.4 Å². The lowest BCUT2D eigenvalue weighted by Crippen LogP contribution is -2.45. The van der Waals surface area contributed by atoms with Crippen molar-refractivity contribution in [3.8, 4) is 5.75 Å². The lowest BCUT2D eigenvalue weighted by molar-refractivity contribution is -0.139. The second kappa shape index (κ2) is 8.52. The van der Waals surface area contributed by atoms with Crippen LogP contribution in [0.5, 0.6) is 5.75 Å². The Kier molecular flexibility index (Phi) is 6.39. The quantitative estimate of drug-likeness (QED) is 0.760. The van der Waals surface area contributed by atoms with E-state index < -0.39 is 11.5 Å². The lowest BCUT2D eigenvalue weighted by atomic mass is 9.88. The number of carbonyl (C=O) groups excluding carboxylic acids is 1. The highest BCUT2D eigenvalue weighted by Crippen LogP contribution is 2.28. The normalized spacial score (nSPS) is 12.9. The number of carbonyl (C=O) groups is 2. The first-order chi connectivity index (χ1) is 12.3. The molecule has 0 aliphatic carbocycles. The van der Waals surface area contributed by atoms with E-state index in [0.29, 0.717) is 24.2 Å². The maximum absolute atomic E-state index is 12.5. The smallest absolute Gasteiger partial charge is 0.306 e. The average Bonchev–Trinajstić information content (AvgIpc) is 2.60. The maximum atomic E-state index is 12.5. The number of methoxy groups -OCH3 is 1. The molecule has 0 saturated carbocycles. The molecule has 0 bridgehead atoms. The van der Waals surface area contributed by atoms with E-state index >= 15 is 0 Å². The number of aryl methyl sites for hydroxylation is 2. The molecule has 5 nitrogen and oxygen atoms in total. The molecule has 2 N–H and O–H groups in total. The minimum absolute atomic E-state index is 0.181. The van der Waals surface area contributed by atoms with Gasteiger partial charge in [0.05, 0.1) is 19.1 Å². The highest BCUT2D eigenvalue weighted by Gasteiger charge is 2.31. The number of rotatable bonds is 8. The van der Waals surface area contributed by atoms with Crippen molar-refractivity contribution >= 4 is 11.9 Å². The third-order valence-corrected chi connectivity index (χ3v) is 4.51. The zero-order chi connectivity index (χ0) is 19.2. The topological polar surface area (TPSA) is 75.6 Å². The van der Waals surface area contributed by atoms with Gasteiger partial charge in [0.2, 0.25) is 5.91 Å². The molecular formula is C21H25NO4. The van der Waals surface area contributed by atoms with Crippen molar-refractivity contribution in [3.05, 3.63) is 65.2 Å². The Morgan fingerprint density at radius 3 is 2.54 bits per heavy atom. The molecule has 5 heteroatoms. The fourth-order valence-corrected chi connectivity index (χ4v) is 3.00. The van der Waals surface area contributed by atoms with E-state index in [2.05, 4.69) is 5.32 Å². The third kappa shape index (κ3) is 5.09. The fourth-order valence-electron chi connectivity index (χ4n) is 3.00. The molecule has 0 heterocycles. The van der Waals surface area contributed by atoms with E-state index in [-0.39, 0.29) is 12.3 Å². The van der Waals surface area contributed by atoms with Gasteiger partial charge in [-0.25, -0.2) is 0 Å². The summed E-state index contributed by atoms with van der Waals surface area (Å²) in [5, 5.41) is 12.2. The molecule has 0 spiro atoms. The van der Waals surface area contributed by atoms with Crippen molar-refractivity contribution in [2.24, 2.45) is 0 Å². The van der Waals surface area contributed by atoms with Gasteiger partial charge in [0.15, 0.2) is 0 Å². The number of hydrogen-bond donors (Lipinski definition) is 2. The van der Waals surface area contributed by atoms with Gasteiger partial charge in [0, 0.05) is 6.42 Å². The van der Waals surface area contributed by atoms with E-state index in [1.54, 1.807) is 38.3 Å². The first kappa shape index (κ1) is 19.5. The van der Waals surface area contributed by atoms with Crippen LogP contribution in [0.3, 0.4) is 0 Å². The Labute approximate surface area is 154 Å². The van der Waals surface area contributed by atoms with Crippen LogP contribution in [0.25, 0.3) is 0 Å². The molecule has 0 saturated heterocycles. The number of hydrogen-bond acceptors (Lipinski definition) is 3. The Morgan fingerprint density at radius 2 is 1.88 bits per heavy atom. The summed E-state index contributed by atoms with van der Waals surface area (Å²) in [6.07, 6.45) is 0.695. The molecule has 0 fully saturated rings. The molecule has 0 radical (unpaired) electrons.